The Morgan fingerprint density at radius 3 is 2.86 bits per heavy atom. The number of carbonyl (C=O) groups is 1. The summed E-state index contributed by atoms with van der Waals surface area (Å²) in [6, 6.07) is 7.03. The van der Waals surface area contributed by atoms with E-state index in [9.17, 15) is 9.18 Å². The Morgan fingerprint density at radius 2 is 2.14 bits per heavy atom. The van der Waals surface area contributed by atoms with E-state index in [-0.39, 0.29) is 17.7 Å². The van der Waals surface area contributed by atoms with E-state index in [0.717, 1.165) is 0 Å². The van der Waals surface area contributed by atoms with Gasteiger partial charge in [0.1, 0.15) is 5.82 Å². The van der Waals surface area contributed by atoms with Gasteiger partial charge < -0.3 is 8.94 Å². The van der Waals surface area contributed by atoms with E-state index in [1.165, 1.54) is 24.3 Å². The third kappa shape index (κ3) is 2.78. The third-order valence-corrected chi connectivity index (χ3v) is 2.57. The van der Waals surface area contributed by atoms with Crippen molar-refractivity contribution >= 4 is 11.9 Å². The molecule has 2 heterocycles. The first-order valence-corrected chi connectivity index (χ1v) is 5.96. The van der Waals surface area contributed by atoms with Crippen LogP contribution in [0.25, 0.3) is 11.5 Å². The maximum Gasteiger partial charge on any atom is 0.322 e. The number of rotatable bonds is 3. The van der Waals surface area contributed by atoms with Crippen molar-refractivity contribution in [2.24, 2.45) is 0 Å². The molecule has 2 aromatic heterocycles. The van der Waals surface area contributed by atoms with Crippen LogP contribution in [0, 0.1) is 12.7 Å². The lowest BCUT2D eigenvalue weighted by atomic mass is 10.2. The van der Waals surface area contributed by atoms with Crippen molar-refractivity contribution < 1.29 is 18.1 Å². The summed E-state index contributed by atoms with van der Waals surface area (Å²) in [5.74, 6) is -0.866. The second-order valence-electron chi connectivity index (χ2n) is 4.21. The van der Waals surface area contributed by atoms with Gasteiger partial charge in [-0.3, -0.25) is 10.1 Å². The second-order valence-corrected chi connectivity index (χ2v) is 4.21. The minimum atomic E-state index is -0.565. The average molecular weight is 288 g/mol. The number of nitrogens with zero attached hydrogens (tertiary/aromatic N) is 3. The number of anilines is 1. The summed E-state index contributed by atoms with van der Waals surface area (Å²) in [7, 11) is 0. The lowest BCUT2D eigenvalue weighted by Crippen LogP contribution is -2.11. The van der Waals surface area contributed by atoms with Gasteiger partial charge in [-0.1, -0.05) is 16.3 Å². The van der Waals surface area contributed by atoms with E-state index in [4.69, 9.17) is 8.94 Å². The highest BCUT2D eigenvalue weighted by Crippen LogP contribution is 2.20. The molecular formula is C13H9FN4O3. The van der Waals surface area contributed by atoms with Crippen LogP contribution >= 0.6 is 0 Å². The lowest BCUT2D eigenvalue weighted by molar-refractivity contribution is 0.0985. The van der Waals surface area contributed by atoms with Gasteiger partial charge in [0.25, 0.3) is 5.91 Å². The summed E-state index contributed by atoms with van der Waals surface area (Å²) in [6.07, 6.45) is 0. The fourth-order valence-electron chi connectivity index (χ4n) is 1.64. The Kier molecular flexibility index (Phi) is 3.19. The summed E-state index contributed by atoms with van der Waals surface area (Å²) in [5, 5.41) is 13.4. The highest BCUT2D eigenvalue weighted by atomic mass is 19.1. The second kappa shape index (κ2) is 5.16. The van der Waals surface area contributed by atoms with Gasteiger partial charge in [0.05, 0.1) is 5.69 Å². The van der Waals surface area contributed by atoms with Crippen molar-refractivity contribution in [1.82, 2.24) is 15.4 Å². The molecule has 1 aromatic carbocycles. The van der Waals surface area contributed by atoms with Gasteiger partial charge in [-0.05, 0) is 25.1 Å². The van der Waals surface area contributed by atoms with Crippen LogP contribution in [-0.4, -0.2) is 21.3 Å². The van der Waals surface area contributed by atoms with E-state index in [1.807, 2.05) is 0 Å². The normalized spacial score (nSPS) is 10.6. The molecule has 0 atom stereocenters. The zero-order valence-electron chi connectivity index (χ0n) is 10.8. The number of hydrogen-bond donors (Lipinski definition) is 1. The van der Waals surface area contributed by atoms with Gasteiger partial charge in [0, 0.05) is 11.6 Å². The van der Waals surface area contributed by atoms with Crippen molar-refractivity contribution in [3.05, 3.63) is 47.6 Å². The molecule has 7 nitrogen and oxygen atoms in total. The van der Waals surface area contributed by atoms with Gasteiger partial charge in [0.2, 0.25) is 11.7 Å². The molecule has 3 aromatic rings. The summed E-state index contributed by atoms with van der Waals surface area (Å²) in [4.78, 5) is 11.8. The molecule has 0 bridgehead atoms. The van der Waals surface area contributed by atoms with Gasteiger partial charge in [-0.25, -0.2) is 4.39 Å². The number of halogens is 1. The number of aryl methyl sites for hydroxylation is 1. The molecule has 1 N–H and O–H groups in total. The summed E-state index contributed by atoms with van der Waals surface area (Å²) in [5.41, 5.74) is 0.990. The molecule has 3 rings (SSSR count). The minimum Gasteiger partial charge on any atom is -0.403 e. The first-order valence-electron chi connectivity index (χ1n) is 5.96. The zero-order valence-corrected chi connectivity index (χ0v) is 10.8. The summed E-state index contributed by atoms with van der Waals surface area (Å²) in [6.45, 7) is 1.69. The van der Waals surface area contributed by atoms with Gasteiger partial charge in [-0.15, -0.1) is 5.10 Å². The molecule has 0 saturated heterocycles. The molecule has 21 heavy (non-hydrogen) atoms. The van der Waals surface area contributed by atoms with Crippen LogP contribution in [-0.2, 0) is 0 Å². The predicted octanol–water partition coefficient (Wildman–Crippen LogP) is 2.42. The molecule has 1 amide bonds. The Morgan fingerprint density at radius 1 is 1.29 bits per heavy atom. The van der Waals surface area contributed by atoms with Crippen LogP contribution < -0.4 is 5.32 Å². The molecule has 0 fully saturated rings. The topological polar surface area (TPSA) is 94.1 Å². The molecular weight excluding hydrogens is 279 g/mol. The van der Waals surface area contributed by atoms with Crippen LogP contribution in [0.3, 0.4) is 0 Å². The Hall–Kier alpha value is -3.03. The molecule has 106 valence electrons. The standard InChI is InChI=1S/C13H9FN4O3/c1-7-5-10(21-18-7)11(19)15-13-17-16-12(20-13)8-3-2-4-9(14)6-8/h2-6H,1H3,(H,15,17,19). The Bertz CT molecular complexity index is 796. The van der Waals surface area contributed by atoms with Crippen LogP contribution in [0.15, 0.2) is 39.3 Å². The molecule has 0 saturated carbocycles. The van der Waals surface area contributed by atoms with Crippen molar-refractivity contribution in [2.45, 2.75) is 6.92 Å². The molecule has 0 unspecified atom stereocenters. The quantitative estimate of drug-likeness (QED) is 0.795. The zero-order chi connectivity index (χ0) is 14.8. The number of aromatic nitrogens is 3. The third-order valence-electron chi connectivity index (χ3n) is 2.57. The number of amides is 1. The first kappa shape index (κ1) is 13.0. The van der Waals surface area contributed by atoms with E-state index in [0.29, 0.717) is 11.3 Å². The van der Waals surface area contributed by atoms with Gasteiger partial charge >= 0.3 is 6.01 Å². The molecule has 0 aliphatic heterocycles. The van der Waals surface area contributed by atoms with Crippen molar-refractivity contribution in [2.75, 3.05) is 5.32 Å². The van der Waals surface area contributed by atoms with Crippen LogP contribution in [0.2, 0.25) is 0 Å². The van der Waals surface area contributed by atoms with Crippen molar-refractivity contribution in [1.29, 1.82) is 0 Å². The smallest absolute Gasteiger partial charge is 0.322 e. The van der Waals surface area contributed by atoms with Crippen LogP contribution in [0.1, 0.15) is 16.2 Å². The number of nitrogens with one attached hydrogen (secondary N) is 1. The Balaban J connectivity index is 1.78. The lowest BCUT2D eigenvalue weighted by Gasteiger charge is -1.95. The molecule has 0 aliphatic carbocycles. The fraction of sp³-hybridized carbons (Fsp3) is 0.0769. The van der Waals surface area contributed by atoms with Crippen LogP contribution in [0.5, 0.6) is 0 Å². The highest BCUT2D eigenvalue weighted by molar-refractivity contribution is 6.00. The largest absolute Gasteiger partial charge is 0.403 e. The number of carbonyl (C=O) groups excluding carboxylic acids is 1. The number of benzene rings is 1. The van der Waals surface area contributed by atoms with E-state index in [1.54, 1.807) is 13.0 Å². The summed E-state index contributed by atoms with van der Waals surface area (Å²) >= 11 is 0. The molecule has 0 spiro atoms. The van der Waals surface area contributed by atoms with Crippen LogP contribution in [0.4, 0.5) is 10.4 Å². The molecule has 0 aliphatic rings. The SMILES string of the molecule is Cc1cc(C(=O)Nc2nnc(-c3cccc(F)c3)o2)on1. The van der Waals surface area contributed by atoms with Gasteiger partial charge in [0.15, 0.2) is 0 Å². The van der Waals surface area contributed by atoms with E-state index >= 15 is 0 Å². The van der Waals surface area contributed by atoms with Crippen molar-refractivity contribution in [3.63, 3.8) is 0 Å². The summed E-state index contributed by atoms with van der Waals surface area (Å²) < 4.78 is 23.2. The van der Waals surface area contributed by atoms with E-state index in [2.05, 4.69) is 20.7 Å². The maximum atomic E-state index is 13.1. The minimum absolute atomic E-state index is 0.0259. The highest BCUT2D eigenvalue weighted by Gasteiger charge is 2.16. The monoisotopic (exact) mass is 288 g/mol. The number of hydrogen-bond acceptors (Lipinski definition) is 6. The Labute approximate surface area is 117 Å². The van der Waals surface area contributed by atoms with Gasteiger partial charge in [-0.2, -0.15) is 0 Å². The van der Waals surface area contributed by atoms with Crippen molar-refractivity contribution in [3.8, 4) is 11.5 Å². The fourth-order valence-corrected chi connectivity index (χ4v) is 1.64. The first-order chi connectivity index (χ1) is 10.1. The maximum absolute atomic E-state index is 13.1. The molecule has 8 heteroatoms. The average Bonchev–Trinajstić information content (AvgIpc) is 3.08. The predicted molar refractivity (Wildman–Crippen MR) is 68.9 cm³/mol. The van der Waals surface area contributed by atoms with E-state index < -0.39 is 11.7 Å². The molecule has 0 radical (unpaired) electrons.